The van der Waals surface area contributed by atoms with E-state index < -0.39 is 0 Å². The molecule has 4 fully saturated rings. The molecule has 2 nitrogen and oxygen atoms in total. The van der Waals surface area contributed by atoms with Crippen molar-refractivity contribution in [3.05, 3.63) is 11.6 Å². The standard InChI is InChI=1S/C32H53IO2/c1-22(2)8-7-9-23(3)27-13-14-28-26-12-11-24-20-25(35-30-10-5-6-19-34-30)15-18-32(24,21-33)29(26)16-17-31(27,28)4/h11,22-23,25-30H,5-10,12-21H2,1-4H3/t23-,25+,26+,27-,28+,29+,30?,31-,32-/m1/s1. The van der Waals surface area contributed by atoms with Crippen LogP contribution < -0.4 is 0 Å². The van der Waals surface area contributed by atoms with Gasteiger partial charge in [-0.25, -0.2) is 0 Å². The van der Waals surface area contributed by atoms with Crippen LogP contribution in [-0.4, -0.2) is 23.4 Å². The monoisotopic (exact) mass is 596 g/mol. The molecule has 3 saturated carbocycles. The van der Waals surface area contributed by atoms with Crippen molar-refractivity contribution in [2.24, 2.45) is 46.3 Å². The lowest BCUT2D eigenvalue weighted by atomic mass is 9.47. The Kier molecular flexibility index (Phi) is 8.67. The molecular weight excluding hydrogens is 543 g/mol. The van der Waals surface area contributed by atoms with Crippen LogP contribution in [0.4, 0.5) is 0 Å². The lowest BCUT2D eigenvalue weighted by molar-refractivity contribution is -0.195. The minimum atomic E-state index is 0.0612. The molecule has 5 aliphatic rings. The summed E-state index contributed by atoms with van der Waals surface area (Å²) < 4.78 is 13.8. The molecule has 0 aromatic carbocycles. The molecule has 3 heteroatoms. The summed E-state index contributed by atoms with van der Waals surface area (Å²) in [6.45, 7) is 11.0. The number of halogens is 1. The summed E-state index contributed by atoms with van der Waals surface area (Å²) in [6.07, 6.45) is 22.1. The first-order valence-corrected chi connectivity index (χ1v) is 16.9. The summed E-state index contributed by atoms with van der Waals surface area (Å²) in [4.78, 5) is 0. The Hall–Kier alpha value is 0.390. The third-order valence-electron chi connectivity index (χ3n) is 11.7. The number of hydrogen-bond acceptors (Lipinski definition) is 2. The fourth-order valence-corrected chi connectivity index (χ4v) is 11.3. The van der Waals surface area contributed by atoms with Crippen LogP contribution in [0.2, 0.25) is 0 Å². The molecule has 1 aliphatic heterocycles. The molecular formula is C32H53IO2. The largest absolute Gasteiger partial charge is 0.353 e. The maximum absolute atomic E-state index is 6.51. The summed E-state index contributed by atoms with van der Waals surface area (Å²) in [5.74, 6) is 5.52. The van der Waals surface area contributed by atoms with E-state index in [4.69, 9.17) is 9.47 Å². The zero-order valence-electron chi connectivity index (χ0n) is 23.2. The lowest BCUT2D eigenvalue weighted by Crippen LogP contribution is -2.53. The van der Waals surface area contributed by atoms with E-state index in [1.54, 1.807) is 5.57 Å². The van der Waals surface area contributed by atoms with Gasteiger partial charge in [-0.05, 0) is 112 Å². The van der Waals surface area contributed by atoms with E-state index >= 15 is 0 Å². The van der Waals surface area contributed by atoms with E-state index in [9.17, 15) is 0 Å². The van der Waals surface area contributed by atoms with Gasteiger partial charge in [0.05, 0.1) is 6.10 Å². The summed E-state index contributed by atoms with van der Waals surface area (Å²) >= 11 is 2.76. The second-order valence-corrected chi connectivity index (χ2v) is 14.7. The molecule has 0 radical (unpaired) electrons. The van der Waals surface area contributed by atoms with E-state index in [-0.39, 0.29) is 6.29 Å². The van der Waals surface area contributed by atoms with Crippen LogP contribution in [0, 0.1) is 46.3 Å². The Labute approximate surface area is 230 Å². The normalized spacial score (nSPS) is 44.3. The lowest BCUT2D eigenvalue weighted by Gasteiger charge is -2.59. The first-order valence-electron chi connectivity index (χ1n) is 15.4. The number of allylic oxidation sites excluding steroid dienone is 1. The first-order chi connectivity index (χ1) is 16.9. The molecule has 35 heavy (non-hydrogen) atoms. The number of hydrogen-bond donors (Lipinski definition) is 0. The molecule has 0 amide bonds. The van der Waals surface area contributed by atoms with Gasteiger partial charge in [0, 0.05) is 16.4 Å². The van der Waals surface area contributed by atoms with Crippen LogP contribution in [-0.2, 0) is 9.47 Å². The zero-order chi connectivity index (χ0) is 24.6. The molecule has 1 heterocycles. The summed E-state index contributed by atoms with van der Waals surface area (Å²) in [7, 11) is 0. The van der Waals surface area contributed by atoms with Crippen molar-refractivity contribution in [2.45, 2.75) is 130 Å². The van der Waals surface area contributed by atoms with Crippen molar-refractivity contribution in [2.75, 3.05) is 11.0 Å². The smallest absolute Gasteiger partial charge is 0.157 e. The van der Waals surface area contributed by atoms with E-state index in [1.165, 1.54) is 87.9 Å². The third-order valence-corrected chi connectivity index (χ3v) is 13.1. The van der Waals surface area contributed by atoms with Gasteiger partial charge >= 0.3 is 0 Å². The Morgan fingerprint density at radius 2 is 1.89 bits per heavy atom. The summed E-state index contributed by atoms with van der Waals surface area (Å²) in [5, 5.41) is 0. The predicted octanol–water partition coefficient (Wildman–Crippen LogP) is 9.35. The van der Waals surface area contributed by atoms with Crippen molar-refractivity contribution in [3.8, 4) is 0 Å². The Morgan fingerprint density at radius 1 is 1.03 bits per heavy atom. The Bertz CT molecular complexity index is 742. The highest BCUT2D eigenvalue weighted by molar-refractivity contribution is 14.1. The topological polar surface area (TPSA) is 18.5 Å². The van der Waals surface area contributed by atoms with Crippen molar-refractivity contribution < 1.29 is 9.47 Å². The minimum absolute atomic E-state index is 0.0612. The fraction of sp³-hybridized carbons (Fsp3) is 0.938. The molecule has 0 spiro atoms. The molecule has 9 atom stereocenters. The number of rotatable bonds is 8. The van der Waals surface area contributed by atoms with Gasteiger partial charge in [0.1, 0.15) is 0 Å². The molecule has 4 aliphatic carbocycles. The molecule has 1 saturated heterocycles. The first kappa shape index (κ1) is 27.0. The molecule has 0 aromatic rings. The van der Waals surface area contributed by atoms with Gasteiger partial charge in [-0.3, -0.25) is 0 Å². The van der Waals surface area contributed by atoms with Crippen LogP contribution in [0.5, 0.6) is 0 Å². The van der Waals surface area contributed by atoms with Gasteiger partial charge in [-0.2, -0.15) is 0 Å². The molecule has 200 valence electrons. The summed E-state index contributed by atoms with van der Waals surface area (Å²) in [6, 6.07) is 0. The predicted molar refractivity (Wildman–Crippen MR) is 155 cm³/mol. The zero-order valence-corrected chi connectivity index (χ0v) is 25.4. The van der Waals surface area contributed by atoms with Gasteiger partial charge in [0.25, 0.3) is 0 Å². The third kappa shape index (κ3) is 5.19. The second-order valence-electron chi connectivity index (χ2n) is 14.0. The van der Waals surface area contributed by atoms with Gasteiger partial charge in [-0.1, -0.05) is 81.2 Å². The van der Waals surface area contributed by atoms with Crippen molar-refractivity contribution in [3.63, 3.8) is 0 Å². The summed E-state index contributed by atoms with van der Waals surface area (Å²) in [5.41, 5.74) is 2.83. The van der Waals surface area contributed by atoms with Crippen LogP contribution >= 0.6 is 22.6 Å². The maximum Gasteiger partial charge on any atom is 0.157 e. The average molecular weight is 597 g/mol. The van der Waals surface area contributed by atoms with Gasteiger partial charge < -0.3 is 9.47 Å². The average Bonchev–Trinajstić information content (AvgIpc) is 3.21. The van der Waals surface area contributed by atoms with E-state index in [0.29, 0.717) is 16.9 Å². The highest BCUT2D eigenvalue weighted by Gasteiger charge is 2.60. The molecule has 5 rings (SSSR count). The van der Waals surface area contributed by atoms with E-state index in [1.807, 2.05) is 0 Å². The van der Waals surface area contributed by atoms with Crippen molar-refractivity contribution in [1.29, 1.82) is 0 Å². The highest BCUT2D eigenvalue weighted by atomic mass is 127. The van der Waals surface area contributed by atoms with Crippen LogP contribution in [0.3, 0.4) is 0 Å². The van der Waals surface area contributed by atoms with Crippen LogP contribution in [0.25, 0.3) is 0 Å². The Balaban J connectivity index is 1.27. The van der Waals surface area contributed by atoms with Gasteiger partial charge in [-0.15, -0.1) is 0 Å². The fourth-order valence-electron chi connectivity index (χ4n) is 9.85. The number of ether oxygens (including phenoxy) is 2. The molecule has 1 unspecified atom stereocenters. The van der Waals surface area contributed by atoms with Crippen molar-refractivity contribution in [1.82, 2.24) is 0 Å². The minimum Gasteiger partial charge on any atom is -0.353 e. The van der Waals surface area contributed by atoms with Crippen LogP contribution in [0.15, 0.2) is 11.6 Å². The molecule has 0 bridgehead atoms. The molecule has 0 aromatic heterocycles. The number of fused-ring (bicyclic) bond motifs is 5. The van der Waals surface area contributed by atoms with Gasteiger partial charge in [0.2, 0.25) is 0 Å². The van der Waals surface area contributed by atoms with Gasteiger partial charge in [0.15, 0.2) is 6.29 Å². The van der Waals surface area contributed by atoms with E-state index in [0.717, 1.165) is 48.5 Å². The maximum atomic E-state index is 6.51. The molecule has 0 N–H and O–H groups in total. The highest BCUT2D eigenvalue weighted by Crippen LogP contribution is 2.67. The number of alkyl halides is 1. The Morgan fingerprint density at radius 3 is 2.63 bits per heavy atom. The quantitative estimate of drug-likeness (QED) is 0.158. The van der Waals surface area contributed by atoms with Crippen molar-refractivity contribution >= 4 is 22.6 Å². The second kappa shape index (κ2) is 11.2. The van der Waals surface area contributed by atoms with E-state index in [2.05, 4.69) is 56.4 Å². The van der Waals surface area contributed by atoms with Crippen LogP contribution in [0.1, 0.15) is 118 Å². The SMILES string of the molecule is CC(C)CCC[C@@H](C)[C@H]1CC[C@H]2[C@@H]3CC=C4C[C@@H](OC5CCCCO5)CC[C@]4(CI)[C@H]3CC[C@]12C.